The Kier molecular flexibility index (Phi) is 7.55. The molecule has 0 radical (unpaired) electrons. The van der Waals surface area contributed by atoms with Crippen LogP contribution < -0.4 is 21.4 Å². The van der Waals surface area contributed by atoms with Crippen molar-refractivity contribution in [1.82, 2.24) is 25.2 Å². The lowest BCUT2D eigenvalue weighted by Crippen LogP contribution is -2.35. The highest BCUT2D eigenvalue weighted by molar-refractivity contribution is 6.36. The van der Waals surface area contributed by atoms with Crippen molar-refractivity contribution in [2.45, 2.75) is 44.9 Å². The molecule has 0 saturated carbocycles. The quantitative estimate of drug-likeness (QED) is 0.413. The molecule has 0 spiro atoms. The van der Waals surface area contributed by atoms with Crippen molar-refractivity contribution in [2.24, 2.45) is 0 Å². The van der Waals surface area contributed by atoms with Gasteiger partial charge in [-0.1, -0.05) is 35.4 Å². The number of halogens is 1. The second-order valence-electron chi connectivity index (χ2n) is 8.57. The molecular weight excluding hydrogens is 435 g/mol. The van der Waals surface area contributed by atoms with Crippen molar-refractivity contribution in [3.05, 3.63) is 64.6 Å². The molecule has 0 aromatic carbocycles. The summed E-state index contributed by atoms with van der Waals surface area (Å²) < 4.78 is 1.84. The van der Waals surface area contributed by atoms with Crippen molar-refractivity contribution in [3.8, 4) is 0 Å². The van der Waals surface area contributed by atoms with Gasteiger partial charge in [0.2, 0.25) is 0 Å². The number of hydrogen-bond acceptors (Lipinski definition) is 4. The number of rotatable bonds is 8. The number of anilines is 1. The fraction of sp³-hybridized carbons (Fsp3) is 0.375. The maximum Gasteiger partial charge on any atom is 0.318 e. The van der Waals surface area contributed by atoms with Crippen molar-refractivity contribution < 1.29 is 4.79 Å². The van der Waals surface area contributed by atoms with Gasteiger partial charge in [0.05, 0.1) is 5.69 Å². The number of allylic oxidation sites excluding steroid dienone is 8. The van der Waals surface area contributed by atoms with Crippen LogP contribution in [0, 0.1) is 0 Å². The van der Waals surface area contributed by atoms with E-state index in [9.17, 15) is 4.79 Å². The summed E-state index contributed by atoms with van der Waals surface area (Å²) in [6, 6.07) is 1.90. The van der Waals surface area contributed by atoms with Crippen LogP contribution in [0.2, 0.25) is 0 Å². The first-order valence-electron chi connectivity index (χ1n) is 11.5. The van der Waals surface area contributed by atoms with Crippen molar-refractivity contribution >= 4 is 42.4 Å². The minimum absolute atomic E-state index is 0.0674. The van der Waals surface area contributed by atoms with E-state index in [1.165, 1.54) is 5.57 Å². The molecule has 3 N–H and O–H groups in total. The van der Waals surface area contributed by atoms with Crippen molar-refractivity contribution in [2.75, 3.05) is 18.4 Å². The summed E-state index contributed by atoms with van der Waals surface area (Å²) in [4.78, 5) is 16.9. The van der Waals surface area contributed by atoms with Crippen LogP contribution in [-0.4, -0.2) is 41.6 Å². The van der Waals surface area contributed by atoms with Gasteiger partial charge in [0.1, 0.15) is 13.7 Å². The number of urea groups is 1. The van der Waals surface area contributed by atoms with E-state index in [4.69, 9.17) is 16.6 Å². The number of carbonyl (C=O) groups is 1. The fourth-order valence-corrected chi connectivity index (χ4v) is 4.35. The fourth-order valence-electron chi connectivity index (χ4n) is 4.08. The van der Waals surface area contributed by atoms with Gasteiger partial charge in [-0.2, -0.15) is 9.61 Å². The standard InChI is InChI=1S/C24H30BClN6O/c1-16-7-6-8-17(13-16)30-24(33)28-12-5-4-11-27-22-14-21(18-9-2-3-10-20(18)26)31-23-19(25)15-29-32(22)23/h2-3,7,10,13-15,18,27H,4-6,8-9,11-12,25H2,1H3,(H2,28,30,33). The second-order valence-corrected chi connectivity index (χ2v) is 9.00. The first-order valence-corrected chi connectivity index (χ1v) is 11.9. The Hall–Kier alpha value is -3.00. The van der Waals surface area contributed by atoms with Gasteiger partial charge < -0.3 is 16.0 Å². The summed E-state index contributed by atoms with van der Waals surface area (Å²) in [5.41, 5.74) is 4.99. The van der Waals surface area contributed by atoms with Crippen molar-refractivity contribution in [1.29, 1.82) is 0 Å². The Morgan fingerprint density at radius 1 is 1.33 bits per heavy atom. The lowest BCUT2D eigenvalue weighted by Gasteiger charge is -2.18. The van der Waals surface area contributed by atoms with E-state index in [-0.39, 0.29) is 11.9 Å². The number of carbonyl (C=O) groups excluding carboxylic acids is 1. The molecule has 2 aromatic rings. The maximum atomic E-state index is 12.1. The molecule has 9 heteroatoms. The van der Waals surface area contributed by atoms with E-state index in [1.54, 1.807) is 0 Å². The molecule has 1 atom stereocenters. The third-order valence-electron chi connectivity index (χ3n) is 5.87. The summed E-state index contributed by atoms with van der Waals surface area (Å²) in [5.74, 6) is 0.971. The average molecular weight is 465 g/mol. The summed E-state index contributed by atoms with van der Waals surface area (Å²) in [6.07, 6.45) is 16.6. The van der Waals surface area contributed by atoms with E-state index >= 15 is 0 Å². The molecule has 2 heterocycles. The van der Waals surface area contributed by atoms with E-state index in [0.29, 0.717) is 6.54 Å². The van der Waals surface area contributed by atoms with E-state index in [2.05, 4.69) is 33.2 Å². The van der Waals surface area contributed by atoms with Gasteiger partial charge in [0.15, 0.2) is 5.65 Å². The molecule has 7 nitrogen and oxygen atoms in total. The van der Waals surface area contributed by atoms with Gasteiger partial charge in [-0.25, -0.2) is 9.78 Å². The zero-order valence-electron chi connectivity index (χ0n) is 19.2. The Morgan fingerprint density at radius 3 is 3.00 bits per heavy atom. The lowest BCUT2D eigenvalue weighted by atomic mass is 9.96. The number of aromatic nitrogens is 3. The Labute approximate surface area is 200 Å². The number of hydrogen-bond donors (Lipinski definition) is 3. The van der Waals surface area contributed by atoms with Crippen LogP contribution in [0.4, 0.5) is 10.6 Å². The molecular formula is C24H30BClN6O. The predicted octanol–water partition coefficient (Wildman–Crippen LogP) is 3.27. The smallest absolute Gasteiger partial charge is 0.318 e. The van der Waals surface area contributed by atoms with Gasteiger partial charge in [-0.3, -0.25) is 0 Å². The van der Waals surface area contributed by atoms with Crippen molar-refractivity contribution in [3.63, 3.8) is 0 Å². The van der Waals surface area contributed by atoms with Crippen LogP contribution in [0.1, 0.15) is 50.6 Å². The molecule has 2 aromatic heterocycles. The number of nitrogens with zero attached hydrogens (tertiary/aromatic N) is 3. The van der Waals surface area contributed by atoms with Gasteiger partial charge >= 0.3 is 6.03 Å². The van der Waals surface area contributed by atoms with Crippen LogP contribution in [0.25, 0.3) is 5.65 Å². The zero-order valence-corrected chi connectivity index (χ0v) is 20.0. The highest BCUT2D eigenvalue weighted by Gasteiger charge is 2.20. The Balaban J connectivity index is 1.28. The van der Waals surface area contributed by atoms with Crippen LogP contribution in [-0.2, 0) is 0 Å². The first-order chi connectivity index (χ1) is 16.0. The zero-order chi connectivity index (χ0) is 23.2. The summed E-state index contributed by atoms with van der Waals surface area (Å²) in [5, 5.41) is 14.7. The maximum absolute atomic E-state index is 12.1. The first kappa shape index (κ1) is 23.2. The minimum atomic E-state index is -0.136. The third kappa shape index (κ3) is 5.87. The number of unbranched alkanes of at least 4 members (excludes halogenated alkanes) is 1. The number of nitrogens with one attached hydrogen (secondary N) is 3. The molecule has 2 amide bonds. The van der Waals surface area contributed by atoms with E-state index < -0.39 is 0 Å². The largest absolute Gasteiger partial charge is 0.370 e. The highest BCUT2D eigenvalue weighted by Crippen LogP contribution is 2.33. The van der Waals surface area contributed by atoms with Crippen LogP contribution in [0.5, 0.6) is 0 Å². The minimum Gasteiger partial charge on any atom is -0.370 e. The Bertz CT molecular complexity index is 1150. The number of fused-ring (bicyclic) bond motifs is 1. The molecule has 0 aliphatic heterocycles. The molecule has 0 bridgehead atoms. The third-order valence-corrected chi connectivity index (χ3v) is 6.26. The molecule has 2 aliphatic carbocycles. The molecule has 4 rings (SSSR count). The lowest BCUT2D eigenvalue weighted by molar-refractivity contribution is 0.243. The molecule has 172 valence electrons. The van der Waals surface area contributed by atoms with Gasteiger partial charge in [0.25, 0.3) is 0 Å². The summed E-state index contributed by atoms with van der Waals surface area (Å²) in [6.45, 7) is 3.44. The molecule has 33 heavy (non-hydrogen) atoms. The van der Waals surface area contributed by atoms with Gasteiger partial charge in [0, 0.05) is 42.0 Å². The van der Waals surface area contributed by atoms with Gasteiger partial charge in [-0.15, -0.1) is 0 Å². The SMILES string of the molecule is Bc1cnn2c(NCCCCNC(=O)NC3=CC(C)=CCC3)cc(C3CC=CC=C3Cl)nc12. The second kappa shape index (κ2) is 10.7. The van der Waals surface area contributed by atoms with Crippen LogP contribution in [0.15, 0.2) is 58.9 Å². The van der Waals surface area contributed by atoms with E-state index in [0.717, 1.165) is 72.0 Å². The molecule has 1 unspecified atom stereocenters. The molecule has 0 saturated heterocycles. The highest BCUT2D eigenvalue weighted by atomic mass is 35.5. The average Bonchev–Trinajstić information content (AvgIpc) is 3.17. The number of amides is 2. The van der Waals surface area contributed by atoms with Gasteiger partial charge in [-0.05, 0) is 56.6 Å². The van der Waals surface area contributed by atoms with Crippen LogP contribution in [0.3, 0.4) is 0 Å². The summed E-state index contributed by atoms with van der Waals surface area (Å²) >= 11 is 6.47. The molecule has 2 aliphatic rings. The van der Waals surface area contributed by atoms with E-state index in [1.807, 2.05) is 49.8 Å². The summed E-state index contributed by atoms with van der Waals surface area (Å²) in [7, 11) is 2.01. The Morgan fingerprint density at radius 2 is 2.18 bits per heavy atom. The van der Waals surface area contributed by atoms with Crippen LogP contribution >= 0.6 is 11.6 Å². The molecule has 0 fully saturated rings. The topological polar surface area (TPSA) is 83.3 Å². The normalized spacial score (nSPS) is 17.9. The predicted molar refractivity (Wildman–Crippen MR) is 137 cm³/mol. The monoisotopic (exact) mass is 464 g/mol.